The molecule has 0 saturated carbocycles. The van der Waals surface area contributed by atoms with Gasteiger partial charge in [-0.3, -0.25) is 0 Å². The molecule has 0 fully saturated rings. The molecule has 2 rings (SSSR count). The average Bonchev–Trinajstić information content (AvgIpc) is 2.28. The lowest BCUT2D eigenvalue weighted by atomic mass is 10.0. The smallest absolute Gasteiger partial charge is 0.166 e. The van der Waals surface area contributed by atoms with E-state index in [9.17, 15) is 13.2 Å². The molecule has 0 aromatic heterocycles. The zero-order chi connectivity index (χ0) is 13.3. The number of hydrogen-bond donors (Lipinski definition) is 0. The summed E-state index contributed by atoms with van der Waals surface area (Å²) in [7, 11) is 0. The normalized spacial score (nSPS) is 11.6. The molecule has 0 aliphatic heterocycles. The van der Waals surface area contributed by atoms with Crippen molar-refractivity contribution in [1.82, 2.24) is 0 Å². The first-order valence-electron chi connectivity index (χ1n) is 4.92. The molecule has 0 spiro atoms. The van der Waals surface area contributed by atoms with Crippen LogP contribution >= 0.6 is 23.2 Å². The minimum absolute atomic E-state index is 0.224. The Balaban J connectivity index is 2.57. The van der Waals surface area contributed by atoms with Crippen LogP contribution in [0.1, 0.15) is 5.56 Å². The van der Waals surface area contributed by atoms with E-state index in [2.05, 4.69) is 6.07 Å². The highest BCUT2D eigenvalue weighted by atomic mass is 35.5. The largest absolute Gasteiger partial charge is 0.416 e. The fourth-order valence-corrected chi connectivity index (χ4v) is 1.89. The van der Waals surface area contributed by atoms with E-state index in [-0.39, 0.29) is 10.6 Å². The molecule has 0 aliphatic rings. The van der Waals surface area contributed by atoms with Crippen LogP contribution in [-0.4, -0.2) is 0 Å². The van der Waals surface area contributed by atoms with Crippen LogP contribution in [0.3, 0.4) is 0 Å². The third-order valence-electron chi connectivity index (χ3n) is 2.35. The molecule has 2 aromatic carbocycles. The molecule has 18 heavy (non-hydrogen) atoms. The predicted molar refractivity (Wildman–Crippen MR) is 65.7 cm³/mol. The number of halogens is 5. The number of alkyl halides is 3. The first kappa shape index (κ1) is 13.2. The van der Waals surface area contributed by atoms with Crippen molar-refractivity contribution in [2.24, 2.45) is 0 Å². The number of hydrogen-bond acceptors (Lipinski definition) is 0. The van der Waals surface area contributed by atoms with E-state index in [0.717, 1.165) is 12.1 Å². The van der Waals surface area contributed by atoms with Gasteiger partial charge < -0.3 is 0 Å². The predicted octanol–water partition coefficient (Wildman–Crippen LogP) is 5.48. The summed E-state index contributed by atoms with van der Waals surface area (Å²) in [6.07, 6.45) is -4.40. The van der Waals surface area contributed by atoms with E-state index in [0.29, 0.717) is 10.6 Å². The molecule has 2 aromatic rings. The fourth-order valence-electron chi connectivity index (χ4n) is 1.50. The minimum Gasteiger partial charge on any atom is -0.166 e. The summed E-state index contributed by atoms with van der Waals surface area (Å²) in [4.78, 5) is 0. The Hall–Kier alpha value is -1.19. The van der Waals surface area contributed by atoms with Crippen molar-refractivity contribution in [3.05, 3.63) is 58.1 Å². The Labute approximate surface area is 112 Å². The van der Waals surface area contributed by atoms with Crippen LogP contribution in [0.4, 0.5) is 13.2 Å². The Bertz CT molecular complexity index is 577. The summed E-state index contributed by atoms with van der Waals surface area (Å²) in [5.41, 5.74) is -0.0668. The highest BCUT2D eigenvalue weighted by Crippen LogP contribution is 2.36. The molecule has 0 N–H and O–H groups in total. The second kappa shape index (κ2) is 4.82. The van der Waals surface area contributed by atoms with Crippen LogP contribution in [-0.2, 0) is 6.18 Å². The van der Waals surface area contributed by atoms with Gasteiger partial charge in [-0.2, -0.15) is 13.2 Å². The summed E-state index contributed by atoms with van der Waals surface area (Å²) < 4.78 is 37.8. The number of benzene rings is 2. The second-order valence-electron chi connectivity index (χ2n) is 3.61. The third kappa shape index (κ3) is 2.79. The Morgan fingerprint density at radius 1 is 1.00 bits per heavy atom. The Morgan fingerprint density at radius 2 is 1.72 bits per heavy atom. The van der Waals surface area contributed by atoms with Gasteiger partial charge in [0.2, 0.25) is 0 Å². The van der Waals surface area contributed by atoms with E-state index < -0.39 is 11.7 Å². The lowest BCUT2D eigenvalue weighted by Gasteiger charge is -2.10. The van der Waals surface area contributed by atoms with Crippen LogP contribution in [0, 0.1) is 6.07 Å². The van der Waals surface area contributed by atoms with Crippen molar-refractivity contribution in [1.29, 1.82) is 0 Å². The standard InChI is InChI=1S/C13H6Cl2F3/c14-10-3-1-2-8(6-10)11-7-9(13(16,17)18)4-5-12(11)15/h1,3-7H. The maximum absolute atomic E-state index is 12.6. The maximum Gasteiger partial charge on any atom is 0.416 e. The van der Waals surface area contributed by atoms with Gasteiger partial charge in [-0.15, -0.1) is 0 Å². The van der Waals surface area contributed by atoms with Gasteiger partial charge in [0, 0.05) is 15.6 Å². The molecule has 0 nitrogen and oxygen atoms in total. The molecule has 0 bridgehead atoms. The zero-order valence-electron chi connectivity index (χ0n) is 8.85. The monoisotopic (exact) mass is 289 g/mol. The average molecular weight is 290 g/mol. The molecule has 1 radical (unpaired) electrons. The van der Waals surface area contributed by atoms with Crippen LogP contribution in [0.5, 0.6) is 0 Å². The van der Waals surface area contributed by atoms with Gasteiger partial charge >= 0.3 is 6.18 Å². The minimum atomic E-state index is -4.40. The molecular formula is C13H6Cl2F3. The van der Waals surface area contributed by atoms with Gasteiger partial charge in [-0.1, -0.05) is 29.3 Å². The fraction of sp³-hybridized carbons (Fsp3) is 0.0769. The Morgan fingerprint density at radius 3 is 2.33 bits per heavy atom. The van der Waals surface area contributed by atoms with Crippen LogP contribution in [0.2, 0.25) is 10.0 Å². The quantitative estimate of drug-likeness (QED) is 0.652. The van der Waals surface area contributed by atoms with E-state index in [4.69, 9.17) is 23.2 Å². The zero-order valence-corrected chi connectivity index (χ0v) is 10.4. The highest BCUT2D eigenvalue weighted by Gasteiger charge is 2.31. The summed E-state index contributed by atoms with van der Waals surface area (Å²) >= 11 is 11.7. The summed E-state index contributed by atoms with van der Waals surface area (Å²) in [5.74, 6) is 0. The van der Waals surface area contributed by atoms with E-state index >= 15 is 0 Å². The first-order valence-corrected chi connectivity index (χ1v) is 5.68. The van der Waals surface area contributed by atoms with Gasteiger partial charge in [-0.05, 0) is 42.0 Å². The maximum atomic E-state index is 12.6. The molecule has 0 atom stereocenters. The molecule has 0 heterocycles. The molecule has 93 valence electrons. The summed E-state index contributed by atoms with van der Waals surface area (Å²) in [5, 5.41) is 0.638. The molecule has 0 unspecified atom stereocenters. The topological polar surface area (TPSA) is 0 Å². The Kier molecular flexibility index (Phi) is 3.55. The van der Waals surface area contributed by atoms with Gasteiger partial charge in [0.05, 0.1) is 5.56 Å². The number of rotatable bonds is 1. The second-order valence-corrected chi connectivity index (χ2v) is 4.46. The van der Waals surface area contributed by atoms with Crippen LogP contribution < -0.4 is 0 Å². The summed E-state index contributed by atoms with van der Waals surface area (Å²) in [6.45, 7) is 0. The molecular weight excluding hydrogens is 284 g/mol. The molecule has 0 aliphatic carbocycles. The van der Waals surface area contributed by atoms with Crippen molar-refractivity contribution in [2.45, 2.75) is 6.18 Å². The molecule has 0 amide bonds. The SMILES string of the molecule is FC(F)(F)c1ccc(Cl)c(-c2[c]ccc(Cl)c2)c1. The molecule has 0 saturated heterocycles. The third-order valence-corrected chi connectivity index (χ3v) is 2.91. The lowest BCUT2D eigenvalue weighted by molar-refractivity contribution is -0.137. The van der Waals surface area contributed by atoms with Crippen molar-refractivity contribution in [2.75, 3.05) is 0 Å². The van der Waals surface area contributed by atoms with Crippen molar-refractivity contribution < 1.29 is 13.2 Å². The lowest BCUT2D eigenvalue weighted by Crippen LogP contribution is -2.04. The van der Waals surface area contributed by atoms with Crippen molar-refractivity contribution >= 4 is 23.2 Å². The first-order chi connectivity index (χ1) is 8.38. The van der Waals surface area contributed by atoms with Crippen LogP contribution in [0.15, 0.2) is 36.4 Å². The van der Waals surface area contributed by atoms with Gasteiger partial charge in [0.1, 0.15) is 0 Å². The van der Waals surface area contributed by atoms with E-state index in [1.165, 1.54) is 18.2 Å². The van der Waals surface area contributed by atoms with Crippen molar-refractivity contribution in [3.63, 3.8) is 0 Å². The van der Waals surface area contributed by atoms with Crippen molar-refractivity contribution in [3.8, 4) is 11.1 Å². The molecule has 5 heteroatoms. The van der Waals surface area contributed by atoms with Gasteiger partial charge in [-0.25, -0.2) is 0 Å². The van der Waals surface area contributed by atoms with E-state index in [1.807, 2.05) is 0 Å². The van der Waals surface area contributed by atoms with Gasteiger partial charge in [0.15, 0.2) is 0 Å². The summed E-state index contributed by atoms with van der Waals surface area (Å²) in [6, 6.07) is 10.6. The van der Waals surface area contributed by atoms with E-state index in [1.54, 1.807) is 6.07 Å². The van der Waals surface area contributed by atoms with Gasteiger partial charge in [0.25, 0.3) is 0 Å². The highest BCUT2D eigenvalue weighted by molar-refractivity contribution is 6.33. The van der Waals surface area contributed by atoms with Crippen LogP contribution in [0.25, 0.3) is 11.1 Å².